The second kappa shape index (κ2) is 4.91. The monoisotopic (exact) mass is 207 g/mol. The van der Waals surface area contributed by atoms with Gasteiger partial charge in [-0.15, -0.1) is 0 Å². The molecule has 0 atom stereocenters. The molecule has 2 rings (SSSR count). The molecule has 0 saturated carbocycles. The number of aromatic amines is 1. The van der Waals surface area contributed by atoms with E-state index in [2.05, 4.69) is 4.98 Å². The molecule has 0 spiro atoms. The van der Waals surface area contributed by atoms with E-state index in [1.54, 1.807) is 0 Å². The van der Waals surface area contributed by atoms with E-state index in [0.717, 1.165) is 29.7 Å². The lowest BCUT2D eigenvalue weighted by atomic mass is 9.92. The second-order valence-electron chi connectivity index (χ2n) is 3.45. The number of nitrogens with one attached hydrogen (secondary N) is 1. The molecule has 1 aliphatic rings. The van der Waals surface area contributed by atoms with Crippen LogP contribution in [0.3, 0.4) is 0 Å². The van der Waals surface area contributed by atoms with Gasteiger partial charge in [-0.2, -0.15) is 0 Å². The number of hydrogen-bond donors (Lipinski definition) is 1. The molecule has 3 nitrogen and oxygen atoms in total. The fraction of sp³-hybridized carbons (Fsp3) is 0.500. The summed E-state index contributed by atoms with van der Waals surface area (Å²) >= 11 is 0. The maximum Gasteiger partial charge on any atom is 0.248 e. The number of aryl methyl sites for hydroxylation is 2. The van der Waals surface area contributed by atoms with Gasteiger partial charge < -0.3 is 4.98 Å². The van der Waals surface area contributed by atoms with Gasteiger partial charge in [0, 0.05) is 23.7 Å². The fourth-order valence-electron chi connectivity index (χ4n) is 1.88. The summed E-state index contributed by atoms with van der Waals surface area (Å²) in [5.41, 5.74) is 2.27. The molecule has 1 heterocycles. The van der Waals surface area contributed by atoms with E-state index in [4.69, 9.17) is 0 Å². The molecular weight excluding hydrogens is 190 g/mol. The zero-order chi connectivity index (χ0) is 11.4. The van der Waals surface area contributed by atoms with Gasteiger partial charge >= 0.3 is 0 Å². The summed E-state index contributed by atoms with van der Waals surface area (Å²) in [6.07, 6.45) is 2.28. The first-order valence-electron chi connectivity index (χ1n) is 5.44. The second-order valence-corrected chi connectivity index (χ2v) is 3.45. The van der Waals surface area contributed by atoms with Crippen molar-refractivity contribution < 1.29 is 4.79 Å². The molecule has 0 bridgehead atoms. The van der Waals surface area contributed by atoms with Crippen molar-refractivity contribution >= 4 is 5.78 Å². The van der Waals surface area contributed by atoms with E-state index >= 15 is 0 Å². The van der Waals surface area contributed by atoms with Crippen LogP contribution in [0.2, 0.25) is 0 Å². The van der Waals surface area contributed by atoms with Crippen molar-refractivity contribution in [2.45, 2.75) is 40.0 Å². The van der Waals surface area contributed by atoms with Crippen LogP contribution in [-0.4, -0.2) is 10.8 Å². The molecule has 0 radical (unpaired) electrons. The van der Waals surface area contributed by atoms with Gasteiger partial charge in [0.25, 0.3) is 0 Å². The summed E-state index contributed by atoms with van der Waals surface area (Å²) in [6.45, 7) is 5.82. The lowest BCUT2D eigenvalue weighted by Gasteiger charge is -2.15. The highest BCUT2D eigenvalue weighted by atomic mass is 16.1. The predicted octanol–water partition coefficient (Wildman–Crippen LogP) is 2.23. The highest BCUT2D eigenvalue weighted by Crippen LogP contribution is 2.20. The van der Waals surface area contributed by atoms with Crippen LogP contribution < -0.4 is 5.56 Å². The van der Waals surface area contributed by atoms with Gasteiger partial charge in [0.15, 0.2) is 5.78 Å². The normalized spacial score (nSPS) is 13.9. The number of H-pyrrole nitrogens is 1. The molecule has 0 unspecified atom stereocenters. The van der Waals surface area contributed by atoms with Gasteiger partial charge in [0.05, 0.1) is 0 Å². The molecule has 15 heavy (non-hydrogen) atoms. The predicted molar refractivity (Wildman–Crippen MR) is 60.4 cm³/mol. The maximum absolute atomic E-state index is 11.5. The van der Waals surface area contributed by atoms with E-state index in [-0.39, 0.29) is 11.3 Å². The van der Waals surface area contributed by atoms with Crippen molar-refractivity contribution in [3.05, 3.63) is 33.2 Å². The Morgan fingerprint density at radius 1 is 1.20 bits per heavy atom. The summed E-state index contributed by atoms with van der Waals surface area (Å²) in [5.74, 6) is 0.162. The molecule has 1 N–H and O–H groups in total. The number of fused-ring (bicyclic) bond motifs is 1. The Kier molecular flexibility index (Phi) is 3.83. The number of rotatable bonds is 0. The van der Waals surface area contributed by atoms with Crippen LogP contribution in [0.4, 0.5) is 0 Å². The minimum absolute atomic E-state index is 0.106. The number of ketones is 1. The zero-order valence-electron chi connectivity index (χ0n) is 9.52. The summed E-state index contributed by atoms with van der Waals surface area (Å²) in [5, 5.41) is 0. The first-order chi connectivity index (χ1) is 7.18. The van der Waals surface area contributed by atoms with Crippen LogP contribution >= 0.6 is 0 Å². The van der Waals surface area contributed by atoms with Crippen LogP contribution in [0.25, 0.3) is 0 Å². The molecule has 0 saturated heterocycles. The Bertz CT molecular complexity index is 418. The summed E-state index contributed by atoms with van der Waals surface area (Å²) in [6, 6.07) is 1.49. The lowest BCUT2D eigenvalue weighted by Crippen LogP contribution is -2.20. The van der Waals surface area contributed by atoms with Crippen LogP contribution in [-0.2, 0) is 6.42 Å². The minimum Gasteiger partial charge on any atom is -0.325 e. The molecule has 1 aromatic heterocycles. The van der Waals surface area contributed by atoms with E-state index in [0.29, 0.717) is 6.42 Å². The van der Waals surface area contributed by atoms with Gasteiger partial charge in [0.1, 0.15) is 0 Å². The first-order valence-corrected chi connectivity index (χ1v) is 5.44. The molecule has 0 aromatic carbocycles. The molecular formula is C12H17NO2. The summed E-state index contributed by atoms with van der Waals surface area (Å²) in [4.78, 5) is 25.3. The Hall–Kier alpha value is -1.38. The Morgan fingerprint density at radius 2 is 1.87 bits per heavy atom. The third-order valence-corrected chi connectivity index (χ3v) is 2.43. The van der Waals surface area contributed by atoms with Gasteiger partial charge in [0.2, 0.25) is 5.56 Å². The quantitative estimate of drug-likeness (QED) is 0.709. The van der Waals surface area contributed by atoms with Crippen molar-refractivity contribution in [3.8, 4) is 0 Å². The molecule has 0 amide bonds. The molecule has 82 valence electrons. The van der Waals surface area contributed by atoms with Crippen molar-refractivity contribution in [2.24, 2.45) is 0 Å². The zero-order valence-corrected chi connectivity index (χ0v) is 9.52. The topological polar surface area (TPSA) is 49.9 Å². The minimum atomic E-state index is -0.106. The van der Waals surface area contributed by atoms with E-state index in [1.165, 1.54) is 6.07 Å². The summed E-state index contributed by atoms with van der Waals surface area (Å²) in [7, 11) is 0. The summed E-state index contributed by atoms with van der Waals surface area (Å²) < 4.78 is 0. The molecule has 1 aromatic rings. The van der Waals surface area contributed by atoms with Crippen molar-refractivity contribution in [1.82, 2.24) is 4.98 Å². The van der Waals surface area contributed by atoms with Gasteiger partial charge in [-0.3, -0.25) is 9.59 Å². The third-order valence-electron chi connectivity index (χ3n) is 2.43. The van der Waals surface area contributed by atoms with Gasteiger partial charge in [-0.25, -0.2) is 0 Å². The van der Waals surface area contributed by atoms with E-state index < -0.39 is 0 Å². The van der Waals surface area contributed by atoms with Crippen molar-refractivity contribution in [1.29, 1.82) is 0 Å². The smallest absolute Gasteiger partial charge is 0.248 e. The number of Topliss-reactive ketones (excluding diaryl/α,β-unsaturated/α-hetero) is 1. The maximum atomic E-state index is 11.5. The number of pyridine rings is 1. The van der Waals surface area contributed by atoms with Gasteiger partial charge in [-0.05, 0) is 25.3 Å². The first kappa shape index (κ1) is 11.7. The number of aromatic nitrogens is 1. The standard InChI is InChI=1S/C10H11NO2.C2H6/c1-6-5-9(13)11-7-3-2-4-8(12)10(6)7;1-2/h5H,2-4H2,1H3,(H,11,13);1-2H3. The van der Waals surface area contributed by atoms with Crippen molar-refractivity contribution in [3.63, 3.8) is 0 Å². The number of carbonyl (C=O) groups excluding carboxylic acids is 1. The van der Waals surface area contributed by atoms with Crippen LogP contribution in [0.5, 0.6) is 0 Å². The fourth-order valence-corrected chi connectivity index (χ4v) is 1.88. The highest BCUT2D eigenvalue weighted by molar-refractivity contribution is 5.99. The SMILES string of the molecule is CC.Cc1cc(=O)[nH]c2c1C(=O)CCC2. The number of carbonyl (C=O) groups is 1. The highest BCUT2D eigenvalue weighted by Gasteiger charge is 2.19. The third kappa shape index (κ3) is 2.35. The van der Waals surface area contributed by atoms with Crippen LogP contribution in [0.15, 0.2) is 10.9 Å². The largest absolute Gasteiger partial charge is 0.325 e. The molecule has 0 fully saturated rings. The van der Waals surface area contributed by atoms with Gasteiger partial charge in [-0.1, -0.05) is 13.8 Å². The average Bonchev–Trinajstić information content (AvgIpc) is 2.19. The Morgan fingerprint density at radius 3 is 2.53 bits per heavy atom. The van der Waals surface area contributed by atoms with E-state index in [9.17, 15) is 9.59 Å². The Balaban J connectivity index is 0.000000531. The van der Waals surface area contributed by atoms with Crippen molar-refractivity contribution in [2.75, 3.05) is 0 Å². The molecule has 0 aliphatic heterocycles. The van der Waals surface area contributed by atoms with Crippen LogP contribution in [0, 0.1) is 6.92 Å². The Labute approximate surface area is 89.5 Å². The molecule has 1 aliphatic carbocycles. The number of hydrogen-bond acceptors (Lipinski definition) is 2. The average molecular weight is 207 g/mol. The molecule has 3 heteroatoms. The van der Waals surface area contributed by atoms with Crippen LogP contribution in [0.1, 0.15) is 48.3 Å². The lowest BCUT2D eigenvalue weighted by molar-refractivity contribution is 0.0971. The van der Waals surface area contributed by atoms with E-state index in [1.807, 2.05) is 20.8 Å².